The monoisotopic (exact) mass is 427 g/mol. The van der Waals surface area contributed by atoms with Crippen LogP contribution in [0.25, 0.3) is 22.5 Å². The molecule has 0 saturated heterocycles. The van der Waals surface area contributed by atoms with Crippen molar-refractivity contribution in [3.63, 3.8) is 0 Å². The number of benzene rings is 2. The number of esters is 1. The van der Waals surface area contributed by atoms with Crippen molar-refractivity contribution in [2.45, 2.75) is 19.3 Å². The minimum atomic E-state index is -4.51. The number of hydrogen-bond acceptors (Lipinski definition) is 2. The summed E-state index contributed by atoms with van der Waals surface area (Å²) in [5.74, 6) is -0.707. The summed E-state index contributed by atoms with van der Waals surface area (Å²) in [5, 5.41) is 0. The fourth-order valence-corrected chi connectivity index (χ4v) is 2.87. The van der Waals surface area contributed by atoms with Gasteiger partial charge in [-0.1, -0.05) is 24.3 Å². The second kappa shape index (κ2) is 7.89. The van der Waals surface area contributed by atoms with Crippen LogP contribution in [-0.2, 0) is 17.1 Å². The molecule has 2 aromatic carbocycles. The molecule has 3 rings (SSSR count). The highest BCUT2D eigenvalue weighted by atomic mass is 19.4. The Morgan fingerprint density at radius 2 is 1.30 bits per heavy atom. The zero-order chi connectivity index (χ0) is 22.1. The van der Waals surface area contributed by atoms with Gasteiger partial charge in [0, 0.05) is 5.69 Å². The van der Waals surface area contributed by atoms with Crippen LogP contribution < -0.4 is 0 Å². The van der Waals surface area contributed by atoms with Gasteiger partial charge < -0.3 is 9.72 Å². The van der Waals surface area contributed by atoms with E-state index >= 15 is 0 Å². The number of aromatic amines is 1. The predicted octanol–water partition coefficient (Wildman–Crippen LogP) is 6.56. The van der Waals surface area contributed by atoms with E-state index < -0.39 is 29.4 Å². The summed E-state index contributed by atoms with van der Waals surface area (Å²) < 4.78 is 81.7. The first-order valence-corrected chi connectivity index (χ1v) is 8.76. The Bertz CT molecular complexity index is 1030. The van der Waals surface area contributed by atoms with Crippen molar-refractivity contribution in [3.8, 4) is 22.5 Å². The van der Waals surface area contributed by atoms with E-state index in [1.54, 1.807) is 6.92 Å². The van der Waals surface area contributed by atoms with Crippen LogP contribution >= 0.6 is 0 Å². The molecule has 30 heavy (non-hydrogen) atoms. The molecule has 1 aromatic heterocycles. The van der Waals surface area contributed by atoms with Gasteiger partial charge in [0.2, 0.25) is 0 Å². The van der Waals surface area contributed by atoms with E-state index in [9.17, 15) is 31.1 Å². The van der Waals surface area contributed by atoms with Gasteiger partial charge in [-0.05, 0) is 48.4 Å². The zero-order valence-corrected chi connectivity index (χ0v) is 15.5. The molecule has 0 radical (unpaired) electrons. The number of ether oxygens (including phenoxy) is 1. The first-order chi connectivity index (χ1) is 14.0. The molecule has 0 aliphatic carbocycles. The molecular formula is C21H15F6NO2. The molecule has 0 amide bonds. The molecule has 3 aromatic rings. The van der Waals surface area contributed by atoms with Crippen molar-refractivity contribution in [2.24, 2.45) is 0 Å². The number of alkyl halides is 6. The molecule has 0 aliphatic heterocycles. The highest BCUT2D eigenvalue weighted by Gasteiger charge is 2.31. The van der Waals surface area contributed by atoms with Crippen LogP contribution in [0.3, 0.4) is 0 Å². The molecule has 1 N–H and O–H groups in total. The first-order valence-electron chi connectivity index (χ1n) is 8.76. The lowest BCUT2D eigenvalue weighted by Gasteiger charge is -2.08. The Labute approximate surface area is 167 Å². The molecule has 0 aliphatic rings. The summed E-state index contributed by atoms with van der Waals surface area (Å²) >= 11 is 0. The fraction of sp³-hybridized carbons (Fsp3) is 0.190. The SMILES string of the molecule is CCOC(=O)c1cc(-c2ccc(C(F)(F)F)cc2)[nH]c1-c1ccc(C(F)(F)F)cc1. The van der Waals surface area contributed by atoms with Crippen LogP contribution in [0.4, 0.5) is 26.3 Å². The van der Waals surface area contributed by atoms with Crippen molar-refractivity contribution in [3.05, 3.63) is 71.3 Å². The summed E-state index contributed by atoms with van der Waals surface area (Å²) in [6, 6.07) is 9.83. The van der Waals surface area contributed by atoms with Gasteiger partial charge >= 0.3 is 18.3 Å². The lowest BCUT2D eigenvalue weighted by atomic mass is 10.1. The maximum absolute atomic E-state index is 12.8. The average molecular weight is 427 g/mol. The Morgan fingerprint density at radius 1 is 0.833 bits per heavy atom. The highest BCUT2D eigenvalue weighted by Crippen LogP contribution is 2.35. The minimum Gasteiger partial charge on any atom is -0.462 e. The van der Waals surface area contributed by atoms with Gasteiger partial charge in [-0.2, -0.15) is 26.3 Å². The maximum atomic E-state index is 12.8. The number of halogens is 6. The summed E-state index contributed by atoms with van der Waals surface area (Å²) in [5.41, 5.74) is -0.425. The topological polar surface area (TPSA) is 42.1 Å². The van der Waals surface area contributed by atoms with E-state index in [-0.39, 0.29) is 17.9 Å². The van der Waals surface area contributed by atoms with E-state index in [0.29, 0.717) is 16.8 Å². The van der Waals surface area contributed by atoms with Gasteiger partial charge in [0.05, 0.1) is 29.0 Å². The number of carbonyl (C=O) groups is 1. The summed E-state index contributed by atoms with van der Waals surface area (Å²) in [4.78, 5) is 15.2. The number of rotatable bonds is 4. The second-order valence-corrected chi connectivity index (χ2v) is 6.34. The van der Waals surface area contributed by atoms with Crippen molar-refractivity contribution < 1.29 is 35.9 Å². The normalized spacial score (nSPS) is 12.1. The maximum Gasteiger partial charge on any atom is 0.416 e. The minimum absolute atomic E-state index is 0.0616. The van der Waals surface area contributed by atoms with Gasteiger partial charge in [0.1, 0.15) is 0 Å². The third-order valence-corrected chi connectivity index (χ3v) is 4.34. The number of H-pyrrole nitrogens is 1. The Morgan fingerprint density at radius 3 is 1.73 bits per heavy atom. The second-order valence-electron chi connectivity index (χ2n) is 6.34. The first kappa shape index (κ1) is 21.5. The lowest BCUT2D eigenvalue weighted by molar-refractivity contribution is -0.138. The van der Waals surface area contributed by atoms with Crippen molar-refractivity contribution in [1.29, 1.82) is 0 Å². The van der Waals surface area contributed by atoms with E-state index in [0.717, 1.165) is 24.3 Å². The lowest BCUT2D eigenvalue weighted by Crippen LogP contribution is -2.06. The molecule has 1 heterocycles. The molecule has 0 atom stereocenters. The summed E-state index contributed by atoms with van der Waals surface area (Å²) in [6.45, 7) is 1.67. The van der Waals surface area contributed by atoms with Crippen LogP contribution in [0.15, 0.2) is 54.6 Å². The molecule has 0 bridgehead atoms. The molecular weight excluding hydrogens is 412 g/mol. The quantitative estimate of drug-likeness (QED) is 0.378. The molecule has 0 saturated carbocycles. The fourth-order valence-electron chi connectivity index (χ4n) is 2.87. The van der Waals surface area contributed by atoms with Gasteiger partial charge in [0.15, 0.2) is 0 Å². The molecule has 0 unspecified atom stereocenters. The van der Waals surface area contributed by atoms with Gasteiger partial charge in [-0.25, -0.2) is 4.79 Å². The average Bonchev–Trinajstić information content (AvgIpc) is 3.13. The van der Waals surface area contributed by atoms with Crippen molar-refractivity contribution >= 4 is 5.97 Å². The number of carbonyl (C=O) groups excluding carboxylic acids is 1. The third kappa shape index (κ3) is 4.50. The van der Waals surface area contributed by atoms with Crippen LogP contribution in [0, 0.1) is 0 Å². The molecule has 0 fully saturated rings. The molecule has 0 spiro atoms. The Balaban J connectivity index is 2.04. The Kier molecular flexibility index (Phi) is 5.65. The van der Waals surface area contributed by atoms with E-state index in [2.05, 4.69) is 4.98 Å². The molecule has 3 nitrogen and oxygen atoms in total. The van der Waals surface area contributed by atoms with E-state index in [1.807, 2.05) is 0 Å². The predicted molar refractivity (Wildman–Crippen MR) is 97.6 cm³/mol. The van der Waals surface area contributed by atoms with Crippen LogP contribution in [0.2, 0.25) is 0 Å². The number of hydrogen-bond donors (Lipinski definition) is 1. The standard InChI is InChI=1S/C21H15F6NO2/c1-2-30-19(29)16-11-17(12-3-7-14(8-4-12)20(22,23)24)28-18(16)13-5-9-15(10-6-13)21(25,26)27/h3-11,28H,2H2,1H3. The highest BCUT2D eigenvalue weighted by molar-refractivity contribution is 5.98. The van der Waals surface area contributed by atoms with Gasteiger partial charge in [0.25, 0.3) is 0 Å². The van der Waals surface area contributed by atoms with Crippen LogP contribution in [0.1, 0.15) is 28.4 Å². The van der Waals surface area contributed by atoms with E-state index in [4.69, 9.17) is 4.74 Å². The Hall–Kier alpha value is -3.23. The van der Waals surface area contributed by atoms with Crippen LogP contribution in [0.5, 0.6) is 0 Å². The summed E-state index contributed by atoms with van der Waals surface area (Å²) in [7, 11) is 0. The third-order valence-electron chi connectivity index (χ3n) is 4.34. The van der Waals surface area contributed by atoms with Crippen molar-refractivity contribution in [2.75, 3.05) is 6.61 Å². The molecule has 9 heteroatoms. The number of nitrogens with one attached hydrogen (secondary N) is 1. The van der Waals surface area contributed by atoms with Gasteiger partial charge in [-0.15, -0.1) is 0 Å². The zero-order valence-electron chi connectivity index (χ0n) is 15.5. The van der Waals surface area contributed by atoms with E-state index in [1.165, 1.54) is 30.3 Å². The smallest absolute Gasteiger partial charge is 0.416 e. The largest absolute Gasteiger partial charge is 0.462 e. The van der Waals surface area contributed by atoms with Gasteiger partial charge in [-0.3, -0.25) is 0 Å². The number of aromatic nitrogens is 1. The van der Waals surface area contributed by atoms with Crippen LogP contribution in [-0.4, -0.2) is 17.6 Å². The summed E-state index contributed by atoms with van der Waals surface area (Å²) in [6.07, 6.45) is -9.00. The van der Waals surface area contributed by atoms with Crippen molar-refractivity contribution in [1.82, 2.24) is 4.98 Å². The molecule has 158 valence electrons.